The molecule has 1 aromatic carbocycles. The van der Waals surface area contributed by atoms with E-state index in [0.717, 1.165) is 44.2 Å². The van der Waals surface area contributed by atoms with Crippen molar-refractivity contribution in [2.45, 2.75) is 38.6 Å². The molecule has 1 aliphatic carbocycles. The number of piperazine rings is 1. The number of carbonyl (C=O) groups is 1. The van der Waals surface area contributed by atoms with Crippen LogP contribution in [0.5, 0.6) is 0 Å². The Morgan fingerprint density at radius 1 is 1.24 bits per heavy atom. The molecule has 132 valence electrons. The number of hydrogen-bond donors (Lipinski definition) is 0. The van der Waals surface area contributed by atoms with E-state index >= 15 is 0 Å². The maximum atomic E-state index is 12.5. The summed E-state index contributed by atoms with van der Waals surface area (Å²) in [6, 6.07) is 8.24. The summed E-state index contributed by atoms with van der Waals surface area (Å²) in [5.41, 5.74) is 3.62. The molecular weight excluding hydrogens is 330 g/mol. The molecule has 4 rings (SSSR count). The van der Waals surface area contributed by atoms with Crippen molar-refractivity contribution >= 4 is 17.2 Å². The van der Waals surface area contributed by atoms with Gasteiger partial charge < -0.3 is 4.90 Å². The fraction of sp³-hybridized carbons (Fsp3) is 0.500. The molecule has 0 radical (unpaired) electrons. The van der Waals surface area contributed by atoms with Crippen molar-refractivity contribution in [3.63, 3.8) is 0 Å². The van der Waals surface area contributed by atoms with Crippen molar-refractivity contribution in [2.75, 3.05) is 26.2 Å². The molecule has 2 aliphatic rings. The lowest BCUT2D eigenvalue weighted by Gasteiger charge is -2.34. The standard InChI is InChI=1S/C20H25N3OS/c1-15-3-2-4-16(11-15)12-20(24)23-9-7-22(8-10-23)13-19-21-18(14-25-19)17-5-6-17/h2-4,11,14,17H,5-10,12-13H2,1H3. The molecule has 2 aromatic rings. The number of rotatable bonds is 5. The Balaban J connectivity index is 1.26. The molecular formula is C20H25N3OS. The van der Waals surface area contributed by atoms with E-state index in [0.29, 0.717) is 6.42 Å². The Bertz CT molecular complexity index is 745. The molecule has 5 heteroatoms. The summed E-state index contributed by atoms with van der Waals surface area (Å²) in [6.45, 7) is 6.53. The largest absolute Gasteiger partial charge is 0.340 e. The first kappa shape index (κ1) is 16.7. The van der Waals surface area contributed by atoms with Crippen LogP contribution in [0.4, 0.5) is 0 Å². The third kappa shape index (κ3) is 4.28. The number of nitrogens with zero attached hydrogens (tertiary/aromatic N) is 3. The summed E-state index contributed by atoms with van der Waals surface area (Å²) >= 11 is 1.79. The van der Waals surface area contributed by atoms with Gasteiger partial charge in [0.2, 0.25) is 5.91 Å². The maximum absolute atomic E-state index is 12.5. The zero-order valence-electron chi connectivity index (χ0n) is 14.8. The number of hydrogen-bond acceptors (Lipinski definition) is 4. The normalized spacial score (nSPS) is 18.5. The lowest BCUT2D eigenvalue weighted by Crippen LogP contribution is -2.48. The first-order valence-electron chi connectivity index (χ1n) is 9.17. The average Bonchev–Trinajstić information content (AvgIpc) is 3.35. The third-order valence-corrected chi connectivity index (χ3v) is 5.94. The van der Waals surface area contributed by atoms with Gasteiger partial charge in [-0.15, -0.1) is 11.3 Å². The number of carbonyl (C=O) groups excluding carboxylic acids is 1. The maximum Gasteiger partial charge on any atom is 0.227 e. The summed E-state index contributed by atoms with van der Waals surface area (Å²) in [6.07, 6.45) is 3.13. The minimum Gasteiger partial charge on any atom is -0.340 e. The molecule has 2 heterocycles. The molecule has 25 heavy (non-hydrogen) atoms. The molecule has 0 spiro atoms. The average molecular weight is 356 g/mol. The van der Waals surface area contributed by atoms with Crippen LogP contribution in [0.2, 0.25) is 0 Å². The second kappa shape index (κ2) is 7.26. The number of aromatic nitrogens is 1. The van der Waals surface area contributed by atoms with E-state index in [2.05, 4.69) is 29.3 Å². The molecule has 1 amide bonds. The van der Waals surface area contributed by atoms with Crippen molar-refractivity contribution < 1.29 is 4.79 Å². The number of amides is 1. The van der Waals surface area contributed by atoms with Crippen molar-refractivity contribution in [2.24, 2.45) is 0 Å². The molecule has 0 atom stereocenters. The quantitative estimate of drug-likeness (QED) is 0.826. The second-order valence-electron chi connectivity index (χ2n) is 7.26. The fourth-order valence-electron chi connectivity index (χ4n) is 3.42. The Labute approximate surface area is 153 Å². The van der Waals surface area contributed by atoms with Gasteiger partial charge in [0.25, 0.3) is 0 Å². The van der Waals surface area contributed by atoms with E-state index in [1.54, 1.807) is 11.3 Å². The first-order valence-corrected chi connectivity index (χ1v) is 10.1. The monoisotopic (exact) mass is 355 g/mol. The SMILES string of the molecule is Cc1cccc(CC(=O)N2CCN(Cc3nc(C4CC4)cs3)CC2)c1. The van der Waals surface area contributed by atoms with E-state index < -0.39 is 0 Å². The highest BCUT2D eigenvalue weighted by Crippen LogP contribution is 2.40. The van der Waals surface area contributed by atoms with Gasteiger partial charge in [0, 0.05) is 37.5 Å². The first-order chi connectivity index (χ1) is 12.2. The molecule has 1 saturated carbocycles. The van der Waals surface area contributed by atoms with Crippen molar-refractivity contribution in [1.29, 1.82) is 0 Å². The highest BCUT2D eigenvalue weighted by Gasteiger charge is 2.27. The van der Waals surface area contributed by atoms with Gasteiger partial charge in [0.1, 0.15) is 5.01 Å². The molecule has 1 aliphatic heterocycles. The Morgan fingerprint density at radius 3 is 2.76 bits per heavy atom. The highest BCUT2D eigenvalue weighted by atomic mass is 32.1. The lowest BCUT2D eigenvalue weighted by molar-refractivity contribution is -0.132. The molecule has 4 nitrogen and oxygen atoms in total. The molecule has 1 saturated heterocycles. The molecule has 1 aromatic heterocycles. The minimum atomic E-state index is 0.246. The summed E-state index contributed by atoms with van der Waals surface area (Å²) in [7, 11) is 0. The van der Waals surface area contributed by atoms with Crippen LogP contribution in [-0.4, -0.2) is 46.9 Å². The van der Waals surface area contributed by atoms with Crippen molar-refractivity contribution in [3.8, 4) is 0 Å². The van der Waals surface area contributed by atoms with Gasteiger partial charge in [0.05, 0.1) is 18.7 Å². The lowest BCUT2D eigenvalue weighted by atomic mass is 10.1. The van der Waals surface area contributed by atoms with Crippen LogP contribution in [0.25, 0.3) is 0 Å². The van der Waals surface area contributed by atoms with Gasteiger partial charge in [-0.05, 0) is 25.3 Å². The van der Waals surface area contributed by atoms with Crippen LogP contribution in [0.15, 0.2) is 29.6 Å². The zero-order chi connectivity index (χ0) is 17.2. The zero-order valence-corrected chi connectivity index (χ0v) is 15.6. The summed E-state index contributed by atoms with van der Waals surface area (Å²) < 4.78 is 0. The van der Waals surface area contributed by atoms with Crippen LogP contribution in [0, 0.1) is 6.92 Å². The van der Waals surface area contributed by atoms with Gasteiger partial charge in [-0.1, -0.05) is 29.8 Å². The number of thiazole rings is 1. The highest BCUT2D eigenvalue weighted by molar-refractivity contribution is 7.09. The summed E-state index contributed by atoms with van der Waals surface area (Å²) in [4.78, 5) is 21.7. The van der Waals surface area contributed by atoms with Crippen LogP contribution in [-0.2, 0) is 17.8 Å². The van der Waals surface area contributed by atoms with Crippen molar-refractivity contribution in [3.05, 3.63) is 51.5 Å². The summed E-state index contributed by atoms with van der Waals surface area (Å²) in [5.74, 6) is 0.983. The van der Waals surface area contributed by atoms with E-state index in [4.69, 9.17) is 4.98 Å². The van der Waals surface area contributed by atoms with Crippen LogP contribution >= 0.6 is 11.3 Å². The van der Waals surface area contributed by atoms with Crippen molar-refractivity contribution in [1.82, 2.24) is 14.8 Å². The van der Waals surface area contributed by atoms with E-state index in [9.17, 15) is 4.79 Å². The fourth-order valence-corrected chi connectivity index (χ4v) is 4.34. The number of aryl methyl sites for hydroxylation is 1. The Hall–Kier alpha value is -1.72. The number of benzene rings is 1. The van der Waals surface area contributed by atoms with Gasteiger partial charge in [-0.25, -0.2) is 4.98 Å². The molecule has 2 fully saturated rings. The topological polar surface area (TPSA) is 36.4 Å². The Morgan fingerprint density at radius 2 is 2.04 bits per heavy atom. The van der Waals surface area contributed by atoms with Gasteiger partial charge in [0.15, 0.2) is 0 Å². The van der Waals surface area contributed by atoms with Crippen LogP contribution in [0.1, 0.15) is 40.6 Å². The Kier molecular flexibility index (Phi) is 4.86. The van der Waals surface area contributed by atoms with E-state index in [-0.39, 0.29) is 5.91 Å². The minimum absolute atomic E-state index is 0.246. The third-order valence-electron chi connectivity index (χ3n) is 5.09. The predicted octanol–water partition coefficient (Wildman–Crippen LogP) is 3.22. The molecule has 0 bridgehead atoms. The molecule has 0 N–H and O–H groups in total. The van der Waals surface area contributed by atoms with Gasteiger partial charge >= 0.3 is 0 Å². The van der Waals surface area contributed by atoms with Gasteiger partial charge in [-0.2, -0.15) is 0 Å². The second-order valence-corrected chi connectivity index (χ2v) is 8.21. The van der Waals surface area contributed by atoms with Crippen LogP contribution < -0.4 is 0 Å². The van der Waals surface area contributed by atoms with Gasteiger partial charge in [-0.3, -0.25) is 9.69 Å². The summed E-state index contributed by atoms with van der Waals surface area (Å²) in [5, 5.41) is 3.45. The predicted molar refractivity (Wildman–Crippen MR) is 101 cm³/mol. The van der Waals surface area contributed by atoms with Crippen LogP contribution in [0.3, 0.4) is 0 Å². The molecule has 0 unspecified atom stereocenters. The van der Waals surface area contributed by atoms with E-state index in [1.165, 1.54) is 29.1 Å². The van der Waals surface area contributed by atoms with E-state index in [1.807, 2.05) is 17.0 Å². The smallest absolute Gasteiger partial charge is 0.227 e.